The van der Waals surface area contributed by atoms with Crippen molar-refractivity contribution in [3.63, 3.8) is 0 Å². The minimum atomic E-state index is -1.10. The van der Waals surface area contributed by atoms with Gasteiger partial charge in [-0.15, -0.1) is 0 Å². The second-order valence-corrected chi connectivity index (χ2v) is 9.92. The summed E-state index contributed by atoms with van der Waals surface area (Å²) in [7, 11) is 0. The van der Waals surface area contributed by atoms with Gasteiger partial charge in [0.25, 0.3) is 0 Å². The normalized spacial score (nSPS) is 18.7. The minimum Gasteiger partial charge on any atom is -0.351 e. The fourth-order valence-corrected chi connectivity index (χ4v) is 5.07. The summed E-state index contributed by atoms with van der Waals surface area (Å²) in [5.74, 6) is -3.39. The molecule has 3 unspecified atom stereocenters. The first-order valence-corrected chi connectivity index (χ1v) is 12.8. The number of amides is 3. The van der Waals surface area contributed by atoms with Gasteiger partial charge in [0.2, 0.25) is 17.7 Å². The van der Waals surface area contributed by atoms with E-state index in [9.17, 15) is 23.2 Å². The van der Waals surface area contributed by atoms with Crippen LogP contribution in [0.2, 0.25) is 0 Å². The summed E-state index contributed by atoms with van der Waals surface area (Å²) in [6, 6.07) is 11.6. The number of nitrogens with zero attached hydrogens (tertiary/aromatic N) is 1. The molecular weight excluding hydrogens is 476 g/mol. The van der Waals surface area contributed by atoms with Gasteiger partial charge >= 0.3 is 0 Å². The zero-order chi connectivity index (χ0) is 26.4. The molecule has 196 valence electrons. The van der Waals surface area contributed by atoms with E-state index in [4.69, 9.17) is 0 Å². The van der Waals surface area contributed by atoms with Crippen molar-refractivity contribution in [1.82, 2.24) is 15.5 Å². The molecule has 1 saturated heterocycles. The number of halogens is 2. The number of carbonyl (C=O) groups excluding carboxylic acids is 3. The molecule has 1 aliphatic carbocycles. The monoisotopic (exact) mass is 509 g/mol. The van der Waals surface area contributed by atoms with Crippen LogP contribution in [0.15, 0.2) is 60.2 Å². The third-order valence-electron chi connectivity index (χ3n) is 7.19. The number of hydrogen-bond donors (Lipinski definition) is 2. The van der Waals surface area contributed by atoms with E-state index in [2.05, 4.69) is 16.7 Å². The SMILES string of the molecule is CC(C(=O)NCc1cc(F)cc(F)c1)C(=O)NC(Cc1ccccc1)C(=O)N1CCC2CCCC=C2C1. The molecule has 4 rings (SSSR count). The summed E-state index contributed by atoms with van der Waals surface area (Å²) >= 11 is 0. The van der Waals surface area contributed by atoms with Gasteiger partial charge in [0.1, 0.15) is 23.6 Å². The Labute approximate surface area is 216 Å². The van der Waals surface area contributed by atoms with Gasteiger partial charge in [-0.25, -0.2) is 8.78 Å². The van der Waals surface area contributed by atoms with Crippen molar-refractivity contribution in [3.05, 3.63) is 82.9 Å². The first kappa shape index (κ1) is 26.5. The molecule has 0 spiro atoms. The Bertz CT molecular complexity index is 1150. The number of hydrogen-bond acceptors (Lipinski definition) is 3. The van der Waals surface area contributed by atoms with E-state index in [1.54, 1.807) is 0 Å². The second kappa shape index (κ2) is 12.1. The molecule has 1 heterocycles. The predicted octanol–water partition coefficient (Wildman–Crippen LogP) is 3.90. The van der Waals surface area contributed by atoms with Gasteiger partial charge in [0.15, 0.2) is 0 Å². The van der Waals surface area contributed by atoms with Crippen molar-refractivity contribution in [3.8, 4) is 0 Å². The lowest BCUT2D eigenvalue weighted by Gasteiger charge is -2.38. The van der Waals surface area contributed by atoms with Crippen molar-refractivity contribution < 1.29 is 23.2 Å². The van der Waals surface area contributed by atoms with E-state index in [1.807, 2.05) is 35.2 Å². The highest BCUT2D eigenvalue weighted by atomic mass is 19.1. The van der Waals surface area contributed by atoms with Crippen molar-refractivity contribution >= 4 is 17.7 Å². The molecule has 37 heavy (non-hydrogen) atoms. The molecule has 2 aromatic rings. The number of nitrogens with one attached hydrogen (secondary N) is 2. The number of allylic oxidation sites excluding steroid dienone is 1. The number of likely N-dealkylation sites (tertiary alicyclic amines) is 1. The van der Waals surface area contributed by atoms with Gasteiger partial charge in [0, 0.05) is 32.1 Å². The number of fused-ring (bicyclic) bond motifs is 1. The van der Waals surface area contributed by atoms with Crippen molar-refractivity contribution in [2.75, 3.05) is 13.1 Å². The first-order chi connectivity index (χ1) is 17.8. The highest BCUT2D eigenvalue weighted by molar-refractivity contribution is 6.01. The van der Waals surface area contributed by atoms with Crippen LogP contribution in [0.25, 0.3) is 0 Å². The van der Waals surface area contributed by atoms with Crippen LogP contribution >= 0.6 is 0 Å². The van der Waals surface area contributed by atoms with Gasteiger partial charge < -0.3 is 15.5 Å². The standard InChI is InChI=1S/C29H33F2N3O3/c1-19(27(35)32-17-21-13-24(30)16-25(31)14-21)28(36)33-26(15-20-7-3-2-4-8-20)29(37)34-12-11-22-9-5-6-10-23(22)18-34/h2-4,7-8,10,13-14,16,19,22,26H,5-6,9,11-12,15,17-18H2,1H3,(H,32,35)(H,33,36). The van der Waals surface area contributed by atoms with E-state index < -0.39 is 35.4 Å². The maximum absolute atomic E-state index is 13.6. The molecule has 8 heteroatoms. The van der Waals surface area contributed by atoms with Crippen LogP contribution in [0.3, 0.4) is 0 Å². The molecule has 2 N–H and O–H groups in total. The molecule has 3 atom stereocenters. The van der Waals surface area contributed by atoms with Gasteiger partial charge in [-0.05, 0) is 61.8 Å². The highest BCUT2D eigenvalue weighted by Crippen LogP contribution is 2.32. The van der Waals surface area contributed by atoms with E-state index in [1.165, 1.54) is 18.9 Å². The Balaban J connectivity index is 1.41. The van der Waals surface area contributed by atoms with Gasteiger partial charge in [0.05, 0.1) is 0 Å². The van der Waals surface area contributed by atoms with Crippen LogP contribution in [-0.4, -0.2) is 41.8 Å². The van der Waals surface area contributed by atoms with E-state index >= 15 is 0 Å². The van der Waals surface area contributed by atoms with Gasteiger partial charge in [-0.3, -0.25) is 14.4 Å². The summed E-state index contributed by atoms with van der Waals surface area (Å²) in [6.07, 6.45) is 6.85. The topological polar surface area (TPSA) is 78.5 Å². The smallest absolute Gasteiger partial charge is 0.245 e. The van der Waals surface area contributed by atoms with Gasteiger partial charge in [-0.1, -0.05) is 42.0 Å². The lowest BCUT2D eigenvalue weighted by Crippen LogP contribution is -2.54. The fourth-order valence-electron chi connectivity index (χ4n) is 5.07. The fraction of sp³-hybridized carbons (Fsp3) is 0.414. The zero-order valence-corrected chi connectivity index (χ0v) is 21.0. The zero-order valence-electron chi connectivity index (χ0n) is 21.0. The van der Waals surface area contributed by atoms with Crippen LogP contribution in [0.1, 0.15) is 43.7 Å². The van der Waals surface area contributed by atoms with Crippen molar-refractivity contribution in [2.24, 2.45) is 11.8 Å². The van der Waals surface area contributed by atoms with Crippen LogP contribution in [0.5, 0.6) is 0 Å². The van der Waals surface area contributed by atoms with Crippen LogP contribution < -0.4 is 10.6 Å². The summed E-state index contributed by atoms with van der Waals surface area (Å²) in [4.78, 5) is 41.1. The molecule has 0 radical (unpaired) electrons. The molecule has 1 aliphatic heterocycles. The quantitative estimate of drug-likeness (QED) is 0.419. The number of benzene rings is 2. The van der Waals surface area contributed by atoms with Crippen LogP contribution in [0.4, 0.5) is 8.78 Å². The van der Waals surface area contributed by atoms with Crippen molar-refractivity contribution in [2.45, 2.75) is 51.6 Å². The molecule has 6 nitrogen and oxygen atoms in total. The molecular formula is C29H33F2N3O3. The van der Waals surface area contributed by atoms with Gasteiger partial charge in [-0.2, -0.15) is 0 Å². The predicted molar refractivity (Wildman–Crippen MR) is 136 cm³/mol. The Morgan fingerprint density at radius 1 is 1.00 bits per heavy atom. The van der Waals surface area contributed by atoms with Crippen LogP contribution in [-0.2, 0) is 27.3 Å². The summed E-state index contributed by atoms with van der Waals surface area (Å²) in [6.45, 7) is 2.54. The van der Waals surface area contributed by atoms with E-state index in [0.29, 0.717) is 25.4 Å². The van der Waals surface area contributed by atoms with E-state index in [-0.39, 0.29) is 18.0 Å². The summed E-state index contributed by atoms with van der Waals surface area (Å²) < 4.78 is 26.9. The molecule has 0 aromatic heterocycles. The number of piperidine rings is 1. The second-order valence-electron chi connectivity index (χ2n) is 9.92. The molecule has 1 fully saturated rings. The lowest BCUT2D eigenvalue weighted by atomic mass is 9.82. The molecule has 0 saturated carbocycles. The number of carbonyl (C=O) groups is 3. The largest absolute Gasteiger partial charge is 0.351 e. The van der Waals surface area contributed by atoms with Crippen molar-refractivity contribution in [1.29, 1.82) is 0 Å². The molecule has 2 aromatic carbocycles. The Kier molecular flexibility index (Phi) is 8.69. The Hall–Kier alpha value is -3.55. The maximum atomic E-state index is 13.6. The number of rotatable bonds is 8. The average Bonchev–Trinajstić information content (AvgIpc) is 2.90. The Morgan fingerprint density at radius 3 is 2.46 bits per heavy atom. The molecule has 3 amide bonds. The highest BCUT2D eigenvalue weighted by Gasteiger charge is 2.33. The molecule has 0 bridgehead atoms. The lowest BCUT2D eigenvalue weighted by molar-refractivity contribution is -0.140. The third-order valence-corrected chi connectivity index (χ3v) is 7.19. The molecule has 2 aliphatic rings. The first-order valence-electron chi connectivity index (χ1n) is 12.8. The minimum absolute atomic E-state index is 0.123. The third kappa shape index (κ3) is 7.02. The average molecular weight is 510 g/mol. The maximum Gasteiger partial charge on any atom is 0.245 e. The Morgan fingerprint density at radius 2 is 1.73 bits per heavy atom. The summed E-state index contributed by atoms with van der Waals surface area (Å²) in [5, 5.41) is 5.35. The summed E-state index contributed by atoms with van der Waals surface area (Å²) in [5.41, 5.74) is 2.45. The van der Waals surface area contributed by atoms with Crippen LogP contribution in [0, 0.1) is 23.5 Å². The van der Waals surface area contributed by atoms with E-state index in [0.717, 1.165) is 43.0 Å².